The SMILES string of the molecule is O=C(C[C@@H](C(F)F)n1ccc(C(F)(F)F)n1)N1CCC(O)(Cn2cnc3c(cnn3-c3ccc(F)cc3)c2=O)CC1. The molecule has 3 aromatic heterocycles. The van der Waals surface area contributed by atoms with Crippen molar-refractivity contribution in [3.8, 4) is 5.69 Å². The van der Waals surface area contributed by atoms with Crippen molar-refractivity contribution in [2.45, 2.75) is 50.1 Å². The van der Waals surface area contributed by atoms with Crippen molar-refractivity contribution >= 4 is 16.9 Å². The smallest absolute Gasteiger partial charge is 0.388 e. The predicted molar refractivity (Wildman–Crippen MR) is 131 cm³/mol. The third-order valence-electron chi connectivity index (χ3n) is 7.05. The number of fused-ring (bicyclic) bond motifs is 1. The zero-order valence-corrected chi connectivity index (χ0v) is 21.2. The third-order valence-corrected chi connectivity index (χ3v) is 7.05. The maximum absolute atomic E-state index is 13.6. The van der Waals surface area contributed by atoms with Gasteiger partial charge in [0.1, 0.15) is 23.6 Å². The van der Waals surface area contributed by atoms with Gasteiger partial charge in [-0.3, -0.25) is 18.8 Å². The van der Waals surface area contributed by atoms with E-state index in [0.717, 1.165) is 6.20 Å². The van der Waals surface area contributed by atoms with Crippen LogP contribution in [0, 0.1) is 5.82 Å². The molecule has 1 N–H and O–H groups in total. The Labute approximate surface area is 227 Å². The van der Waals surface area contributed by atoms with Crippen molar-refractivity contribution in [3.63, 3.8) is 0 Å². The van der Waals surface area contributed by atoms with Crippen LogP contribution in [0.25, 0.3) is 16.7 Å². The van der Waals surface area contributed by atoms with Gasteiger partial charge in [0, 0.05) is 19.3 Å². The molecule has 10 nitrogen and oxygen atoms in total. The standard InChI is InChI=1S/C25H23F6N7O3/c26-15-1-3-16(4-2-15)38-22-17(12-33-38)23(40)36(14-32-22)13-24(41)6-9-35(10-7-24)20(39)11-18(21(27)28)37-8-5-19(34-37)25(29,30)31/h1-5,8,12,14,18,21,41H,6-7,9-11,13H2/t18-/m0/s1. The summed E-state index contributed by atoms with van der Waals surface area (Å²) >= 11 is 0. The molecule has 1 aliphatic heterocycles. The molecule has 16 heteroatoms. The Morgan fingerprint density at radius 1 is 1.10 bits per heavy atom. The largest absolute Gasteiger partial charge is 0.435 e. The van der Waals surface area contributed by atoms with E-state index in [1.165, 1.54) is 50.9 Å². The number of carbonyl (C=O) groups excluding carboxylic acids is 1. The molecule has 1 atom stereocenters. The Morgan fingerprint density at radius 3 is 2.39 bits per heavy atom. The fourth-order valence-corrected chi connectivity index (χ4v) is 4.76. The molecule has 0 saturated carbocycles. The summed E-state index contributed by atoms with van der Waals surface area (Å²) in [6.07, 6.45) is -5.41. The van der Waals surface area contributed by atoms with Gasteiger partial charge >= 0.3 is 6.18 Å². The van der Waals surface area contributed by atoms with Gasteiger partial charge in [-0.05, 0) is 43.2 Å². The molecule has 4 aromatic rings. The highest BCUT2D eigenvalue weighted by Gasteiger charge is 2.38. The van der Waals surface area contributed by atoms with Gasteiger partial charge in [0.2, 0.25) is 5.91 Å². The normalized spacial score (nSPS) is 16.4. The van der Waals surface area contributed by atoms with Gasteiger partial charge in [-0.1, -0.05) is 0 Å². The zero-order chi connectivity index (χ0) is 29.5. The van der Waals surface area contributed by atoms with Gasteiger partial charge in [0.15, 0.2) is 11.3 Å². The zero-order valence-electron chi connectivity index (χ0n) is 21.2. The Bertz CT molecular complexity index is 1600. The molecule has 0 bridgehead atoms. The Balaban J connectivity index is 1.24. The van der Waals surface area contributed by atoms with Crippen molar-refractivity contribution < 1.29 is 36.2 Å². The van der Waals surface area contributed by atoms with E-state index in [1.807, 2.05) is 0 Å². The van der Waals surface area contributed by atoms with Gasteiger partial charge < -0.3 is 10.0 Å². The molecule has 41 heavy (non-hydrogen) atoms. The first-order valence-corrected chi connectivity index (χ1v) is 12.4. The molecule has 4 heterocycles. The van der Waals surface area contributed by atoms with E-state index in [4.69, 9.17) is 0 Å². The van der Waals surface area contributed by atoms with Crippen molar-refractivity contribution in [1.82, 2.24) is 34.0 Å². The number of hydrogen-bond donors (Lipinski definition) is 1. The van der Waals surface area contributed by atoms with Crippen molar-refractivity contribution in [1.29, 1.82) is 0 Å². The van der Waals surface area contributed by atoms with Crippen LogP contribution in [-0.2, 0) is 17.5 Å². The number of carbonyl (C=O) groups is 1. The summed E-state index contributed by atoms with van der Waals surface area (Å²) in [6.45, 7) is -0.206. The highest BCUT2D eigenvalue weighted by molar-refractivity contribution is 5.77. The lowest BCUT2D eigenvalue weighted by molar-refractivity contribution is -0.141. The van der Waals surface area contributed by atoms with Crippen LogP contribution in [0.5, 0.6) is 0 Å². The predicted octanol–water partition coefficient (Wildman–Crippen LogP) is 3.19. The van der Waals surface area contributed by atoms with Gasteiger partial charge in [0.05, 0.1) is 30.5 Å². The second-order valence-electron chi connectivity index (χ2n) is 9.84. The van der Waals surface area contributed by atoms with Crippen LogP contribution in [0.15, 0.2) is 53.8 Å². The molecule has 1 amide bonds. The lowest BCUT2D eigenvalue weighted by atomic mass is 9.91. The Hall–Kier alpha value is -4.21. The fraction of sp³-hybridized carbons (Fsp3) is 0.400. The highest BCUT2D eigenvalue weighted by atomic mass is 19.4. The lowest BCUT2D eigenvalue weighted by Crippen LogP contribution is -2.50. The molecular weight excluding hydrogens is 560 g/mol. The van der Waals surface area contributed by atoms with Crippen LogP contribution in [0.3, 0.4) is 0 Å². The van der Waals surface area contributed by atoms with Crippen molar-refractivity contribution in [2.24, 2.45) is 0 Å². The summed E-state index contributed by atoms with van der Waals surface area (Å²) in [7, 11) is 0. The van der Waals surface area contributed by atoms with E-state index in [2.05, 4.69) is 15.2 Å². The molecule has 0 radical (unpaired) electrons. The molecule has 1 aromatic carbocycles. The number of rotatable bonds is 7. The summed E-state index contributed by atoms with van der Waals surface area (Å²) in [4.78, 5) is 31.4. The van der Waals surface area contributed by atoms with Crippen LogP contribution >= 0.6 is 0 Å². The summed E-state index contributed by atoms with van der Waals surface area (Å²) in [6, 6.07) is 4.10. The number of nitrogens with zero attached hydrogens (tertiary/aromatic N) is 7. The number of alkyl halides is 5. The summed E-state index contributed by atoms with van der Waals surface area (Å²) in [5, 5.41) is 18.6. The number of aliphatic hydroxyl groups is 1. The molecule has 1 aliphatic rings. The molecule has 218 valence electrons. The van der Waals surface area contributed by atoms with Gasteiger partial charge in [-0.15, -0.1) is 0 Å². The van der Waals surface area contributed by atoms with Crippen LogP contribution in [0.1, 0.15) is 31.0 Å². The monoisotopic (exact) mass is 583 g/mol. The quantitative estimate of drug-likeness (QED) is 0.335. The molecule has 5 rings (SSSR count). The summed E-state index contributed by atoms with van der Waals surface area (Å²) in [5.74, 6) is -1.16. The van der Waals surface area contributed by atoms with Crippen LogP contribution in [0.2, 0.25) is 0 Å². The second kappa shape index (κ2) is 10.6. The topological polar surface area (TPSA) is 111 Å². The second-order valence-corrected chi connectivity index (χ2v) is 9.84. The minimum Gasteiger partial charge on any atom is -0.388 e. The number of piperidine rings is 1. The fourth-order valence-electron chi connectivity index (χ4n) is 4.76. The molecule has 0 unspecified atom stereocenters. The molecule has 1 saturated heterocycles. The number of aromatic nitrogens is 6. The van der Waals surface area contributed by atoms with E-state index in [1.54, 1.807) is 0 Å². The first-order chi connectivity index (χ1) is 19.3. The summed E-state index contributed by atoms with van der Waals surface area (Å²) < 4.78 is 82.1. The third kappa shape index (κ3) is 5.82. The Morgan fingerprint density at radius 2 is 1.78 bits per heavy atom. The Kier molecular flexibility index (Phi) is 7.35. The van der Waals surface area contributed by atoms with E-state index in [0.29, 0.717) is 16.4 Å². The first kappa shape index (κ1) is 28.3. The van der Waals surface area contributed by atoms with E-state index in [9.17, 15) is 41.0 Å². The van der Waals surface area contributed by atoms with E-state index >= 15 is 0 Å². The number of benzene rings is 1. The van der Waals surface area contributed by atoms with E-state index in [-0.39, 0.29) is 43.5 Å². The average Bonchev–Trinajstić information content (AvgIpc) is 3.58. The number of likely N-dealkylation sites (tertiary alicyclic amines) is 1. The minimum absolute atomic E-state index is 0.0113. The molecule has 1 fully saturated rings. The van der Waals surface area contributed by atoms with Crippen molar-refractivity contribution in [3.05, 3.63) is 70.9 Å². The molecule has 0 aliphatic carbocycles. The van der Waals surface area contributed by atoms with Crippen LogP contribution in [0.4, 0.5) is 26.3 Å². The van der Waals surface area contributed by atoms with Crippen molar-refractivity contribution in [2.75, 3.05) is 13.1 Å². The number of halogens is 6. The van der Waals surface area contributed by atoms with Crippen LogP contribution in [-0.4, -0.2) is 70.1 Å². The van der Waals surface area contributed by atoms with Gasteiger partial charge in [-0.2, -0.15) is 23.4 Å². The maximum Gasteiger partial charge on any atom is 0.435 e. The number of amides is 1. The van der Waals surface area contributed by atoms with Gasteiger partial charge in [0.25, 0.3) is 12.0 Å². The average molecular weight is 583 g/mol. The van der Waals surface area contributed by atoms with E-state index < -0.39 is 53.6 Å². The minimum atomic E-state index is -4.82. The highest BCUT2D eigenvalue weighted by Crippen LogP contribution is 2.30. The molecule has 0 spiro atoms. The lowest BCUT2D eigenvalue weighted by Gasteiger charge is -2.38. The first-order valence-electron chi connectivity index (χ1n) is 12.4. The van der Waals surface area contributed by atoms with Gasteiger partial charge in [-0.25, -0.2) is 22.8 Å². The van der Waals surface area contributed by atoms with Crippen LogP contribution < -0.4 is 5.56 Å². The maximum atomic E-state index is 13.6. The summed E-state index contributed by atoms with van der Waals surface area (Å²) in [5.41, 5.74) is -2.52. The number of hydrogen-bond acceptors (Lipinski definition) is 6. The molecular formula is C25H23F6N7O3.